The maximum absolute atomic E-state index is 13.6. The van der Waals surface area contributed by atoms with Gasteiger partial charge in [-0.2, -0.15) is 0 Å². The van der Waals surface area contributed by atoms with Gasteiger partial charge in [-0.1, -0.05) is 22.4 Å². The minimum absolute atomic E-state index is 0.0974. The molecule has 1 aliphatic carbocycles. The van der Waals surface area contributed by atoms with Crippen molar-refractivity contribution in [1.82, 2.24) is 0 Å². The first-order chi connectivity index (χ1) is 7.11. The van der Waals surface area contributed by atoms with Gasteiger partial charge in [0.15, 0.2) is 0 Å². The second-order valence-corrected chi connectivity index (χ2v) is 5.18. The lowest BCUT2D eigenvalue weighted by Crippen LogP contribution is -2.03. The summed E-state index contributed by atoms with van der Waals surface area (Å²) >= 11 is 3.52. The standard InChI is InChI=1S/C12H13BrF2/c1-7-10(14)6-11(15)8-4-2-3-5-9(13)12(7)8/h6,9H,2-5H2,1H3. The monoisotopic (exact) mass is 274 g/mol. The zero-order chi connectivity index (χ0) is 11.0. The molecule has 2 rings (SSSR count). The molecule has 0 spiro atoms. The van der Waals surface area contributed by atoms with E-state index in [-0.39, 0.29) is 10.6 Å². The fraction of sp³-hybridized carbons (Fsp3) is 0.500. The minimum atomic E-state index is -0.433. The van der Waals surface area contributed by atoms with E-state index in [1.54, 1.807) is 6.92 Å². The van der Waals surface area contributed by atoms with Gasteiger partial charge >= 0.3 is 0 Å². The van der Waals surface area contributed by atoms with Crippen molar-refractivity contribution in [1.29, 1.82) is 0 Å². The van der Waals surface area contributed by atoms with Gasteiger partial charge in [-0.05, 0) is 42.9 Å². The van der Waals surface area contributed by atoms with E-state index in [9.17, 15) is 8.78 Å². The summed E-state index contributed by atoms with van der Waals surface area (Å²) in [4.78, 5) is 0.0974. The molecule has 15 heavy (non-hydrogen) atoms. The highest BCUT2D eigenvalue weighted by Gasteiger charge is 2.23. The molecule has 0 nitrogen and oxygen atoms in total. The van der Waals surface area contributed by atoms with Crippen molar-refractivity contribution in [2.45, 2.75) is 37.4 Å². The smallest absolute Gasteiger partial charge is 0.129 e. The van der Waals surface area contributed by atoms with Crippen molar-refractivity contribution in [2.24, 2.45) is 0 Å². The SMILES string of the molecule is Cc1c(F)cc(F)c2c1C(Br)CCCC2. The summed E-state index contributed by atoms with van der Waals surface area (Å²) in [5, 5.41) is 0. The lowest BCUT2D eigenvalue weighted by molar-refractivity contribution is 0.562. The van der Waals surface area contributed by atoms with E-state index in [1.807, 2.05) is 0 Å². The number of rotatable bonds is 0. The number of benzene rings is 1. The molecule has 0 aromatic heterocycles. The largest absolute Gasteiger partial charge is 0.207 e. The molecule has 0 radical (unpaired) electrons. The lowest BCUT2D eigenvalue weighted by Gasteiger charge is -2.15. The Bertz CT molecular complexity index is 388. The van der Waals surface area contributed by atoms with Crippen LogP contribution in [0.3, 0.4) is 0 Å². The van der Waals surface area contributed by atoms with Gasteiger partial charge in [0.2, 0.25) is 0 Å². The average Bonchev–Trinajstić information content (AvgIpc) is 2.37. The molecule has 0 amide bonds. The Morgan fingerprint density at radius 3 is 2.73 bits per heavy atom. The van der Waals surface area contributed by atoms with Crippen molar-refractivity contribution in [3.05, 3.63) is 34.4 Å². The van der Waals surface area contributed by atoms with Gasteiger partial charge < -0.3 is 0 Å². The quantitative estimate of drug-likeness (QED) is 0.485. The van der Waals surface area contributed by atoms with E-state index in [0.29, 0.717) is 11.1 Å². The number of halogens is 3. The fourth-order valence-corrected chi connectivity index (χ4v) is 3.18. The van der Waals surface area contributed by atoms with Crippen LogP contribution in [0.25, 0.3) is 0 Å². The highest BCUT2D eigenvalue weighted by Crippen LogP contribution is 2.38. The summed E-state index contributed by atoms with van der Waals surface area (Å²) in [7, 11) is 0. The third-order valence-electron chi connectivity index (χ3n) is 3.08. The second-order valence-electron chi connectivity index (χ2n) is 4.07. The molecule has 82 valence electrons. The molecule has 1 aromatic rings. The zero-order valence-corrected chi connectivity index (χ0v) is 10.2. The fourth-order valence-electron chi connectivity index (χ4n) is 2.24. The van der Waals surface area contributed by atoms with E-state index in [1.165, 1.54) is 0 Å². The highest BCUT2D eigenvalue weighted by atomic mass is 79.9. The normalized spacial score (nSPS) is 20.9. The van der Waals surface area contributed by atoms with Crippen molar-refractivity contribution in [3.63, 3.8) is 0 Å². The molecule has 0 fully saturated rings. The Morgan fingerprint density at radius 2 is 2.00 bits per heavy atom. The van der Waals surface area contributed by atoms with Gasteiger partial charge in [-0.3, -0.25) is 0 Å². The molecule has 1 aliphatic rings. The Kier molecular flexibility index (Phi) is 3.10. The van der Waals surface area contributed by atoms with Crippen molar-refractivity contribution >= 4 is 15.9 Å². The summed E-state index contributed by atoms with van der Waals surface area (Å²) in [6.45, 7) is 1.73. The van der Waals surface area contributed by atoms with Crippen LogP contribution in [0.2, 0.25) is 0 Å². The number of alkyl halides is 1. The molecular formula is C12H13BrF2. The third-order valence-corrected chi connectivity index (χ3v) is 3.99. The molecule has 0 N–H and O–H groups in total. The molecule has 0 aliphatic heterocycles. The van der Waals surface area contributed by atoms with Crippen LogP contribution in [-0.2, 0) is 6.42 Å². The van der Waals surface area contributed by atoms with Gasteiger partial charge in [-0.15, -0.1) is 0 Å². The third kappa shape index (κ3) is 1.94. The van der Waals surface area contributed by atoms with Gasteiger partial charge in [0.1, 0.15) is 11.6 Å². The van der Waals surface area contributed by atoms with Crippen molar-refractivity contribution < 1.29 is 8.78 Å². The Hall–Kier alpha value is -0.440. The summed E-state index contributed by atoms with van der Waals surface area (Å²) in [6, 6.07) is 1.01. The molecule has 0 saturated carbocycles. The zero-order valence-electron chi connectivity index (χ0n) is 8.62. The van der Waals surface area contributed by atoms with Crippen LogP contribution in [-0.4, -0.2) is 0 Å². The van der Waals surface area contributed by atoms with Crippen molar-refractivity contribution in [3.8, 4) is 0 Å². The van der Waals surface area contributed by atoms with E-state index < -0.39 is 5.82 Å². The summed E-state index contributed by atoms with van der Waals surface area (Å²) in [5.74, 6) is -0.822. The molecule has 0 heterocycles. The second kappa shape index (κ2) is 4.20. The Morgan fingerprint density at radius 1 is 1.27 bits per heavy atom. The van der Waals surface area contributed by atoms with Crippen LogP contribution < -0.4 is 0 Å². The molecular weight excluding hydrogens is 262 g/mol. The van der Waals surface area contributed by atoms with Gasteiger partial charge in [-0.25, -0.2) is 8.78 Å². The highest BCUT2D eigenvalue weighted by molar-refractivity contribution is 9.09. The van der Waals surface area contributed by atoms with Crippen LogP contribution in [0.4, 0.5) is 8.78 Å². The van der Waals surface area contributed by atoms with Crippen LogP contribution in [0.1, 0.15) is 40.8 Å². The molecule has 1 atom stereocenters. The first-order valence-corrected chi connectivity index (χ1v) is 6.14. The minimum Gasteiger partial charge on any atom is -0.207 e. The summed E-state index contributed by atoms with van der Waals surface area (Å²) < 4.78 is 27.0. The topological polar surface area (TPSA) is 0 Å². The van der Waals surface area contributed by atoms with Crippen LogP contribution in [0.15, 0.2) is 6.07 Å². The van der Waals surface area contributed by atoms with Crippen LogP contribution in [0, 0.1) is 18.6 Å². The first kappa shape index (κ1) is 11.1. The Balaban J connectivity index is 2.63. The lowest BCUT2D eigenvalue weighted by atomic mass is 9.97. The van der Waals surface area contributed by atoms with E-state index in [0.717, 1.165) is 37.3 Å². The maximum Gasteiger partial charge on any atom is 0.129 e. The number of hydrogen-bond donors (Lipinski definition) is 0. The number of fused-ring (bicyclic) bond motifs is 1. The molecule has 0 saturated heterocycles. The van der Waals surface area contributed by atoms with Crippen LogP contribution in [0.5, 0.6) is 0 Å². The van der Waals surface area contributed by atoms with Crippen LogP contribution >= 0.6 is 15.9 Å². The molecule has 0 bridgehead atoms. The average molecular weight is 275 g/mol. The predicted molar refractivity (Wildman–Crippen MR) is 60.3 cm³/mol. The predicted octanol–water partition coefficient (Wildman–Crippen LogP) is 4.44. The van der Waals surface area contributed by atoms with Gasteiger partial charge in [0.05, 0.1) is 0 Å². The van der Waals surface area contributed by atoms with E-state index >= 15 is 0 Å². The van der Waals surface area contributed by atoms with Gasteiger partial charge in [0.25, 0.3) is 0 Å². The first-order valence-electron chi connectivity index (χ1n) is 5.22. The maximum atomic E-state index is 13.6. The summed E-state index contributed by atoms with van der Waals surface area (Å²) in [6.07, 6.45) is 3.73. The Labute approximate surface area is 96.8 Å². The molecule has 1 aromatic carbocycles. The summed E-state index contributed by atoms with van der Waals surface area (Å²) in [5.41, 5.74) is 2.13. The molecule has 3 heteroatoms. The van der Waals surface area contributed by atoms with E-state index in [2.05, 4.69) is 15.9 Å². The number of hydrogen-bond acceptors (Lipinski definition) is 0. The molecule has 1 unspecified atom stereocenters. The van der Waals surface area contributed by atoms with Crippen molar-refractivity contribution in [2.75, 3.05) is 0 Å². The van der Waals surface area contributed by atoms with E-state index in [4.69, 9.17) is 0 Å². The van der Waals surface area contributed by atoms with Gasteiger partial charge in [0, 0.05) is 10.9 Å².